The van der Waals surface area contributed by atoms with E-state index in [1.807, 2.05) is 30.3 Å². The normalized spacial score (nSPS) is 15.0. The number of nitrogens with one attached hydrogen (secondary N) is 1. The molecule has 1 aromatic heterocycles. The van der Waals surface area contributed by atoms with Crippen molar-refractivity contribution in [3.05, 3.63) is 119 Å². The van der Waals surface area contributed by atoms with Crippen LogP contribution in [0.15, 0.2) is 91.0 Å². The van der Waals surface area contributed by atoms with Gasteiger partial charge in [0, 0.05) is 44.4 Å². The van der Waals surface area contributed by atoms with Crippen molar-refractivity contribution in [2.75, 3.05) is 50.1 Å². The number of aromatic nitrogens is 1. The molecular formula is C50H57N5O9. The van der Waals surface area contributed by atoms with Gasteiger partial charge in [0.2, 0.25) is 11.8 Å². The standard InChI is InChI=1S/C50H57N5O9/c1-49(2,3)63-46(58)41-28-38-39(17-11-18-40(38)55(41)48(60)64-50(4,5)6)52-45(57)43(47(59)62-30-33-14-10-16-36-35-15-9-8-13-32(35)27-37(33)36)44(51)31-19-21-34(22-20-31)54-25-24-53(29-42(54)56)23-12-26-61-7/h8-11,13-22,28,43-44H,12,23-27,29-30,51H2,1-7H3,(H,52,57). The minimum atomic E-state index is -1.56. The third-order valence-electron chi connectivity index (χ3n) is 11.2. The molecule has 1 fully saturated rings. The van der Waals surface area contributed by atoms with Crippen molar-refractivity contribution < 1.29 is 42.9 Å². The molecule has 2 amide bonds. The first-order valence-corrected chi connectivity index (χ1v) is 21.6. The van der Waals surface area contributed by atoms with Gasteiger partial charge in [-0.05, 0) is 118 Å². The highest BCUT2D eigenvalue weighted by Gasteiger charge is 2.37. The zero-order chi connectivity index (χ0) is 45.9. The zero-order valence-corrected chi connectivity index (χ0v) is 37.6. The number of anilines is 2. The van der Waals surface area contributed by atoms with Crippen LogP contribution in [0.5, 0.6) is 0 Å². The molecule has 0 bridgehead atoms. The predicted molar refractivity (Wildman–Crippen MR) is 244 cm³/mol. The summed E-state index contributed by atoms with van der Waals surface area (Å²) in [5, 5.41) is 3.19. The van der Waals surface area contributed by atoms with Crippen LogP contribution in [0.3, 0.4) is 0 Å². The van der Waals surface area contributed by atoms with E-state index in [0.29, 0.717) is 42.8 Å². The number of carbonyl (C=O) groups excluding carboxylic acids is 5. The summed E-state index contributed by atoms with van der Waals surface area (Å²) in [6.45, 7) is 13.0. The average molecular weight is 872 g/mol. The van der Waals surface area contributed by atoms with Gasteiger partial charge in [-0.15, -0.1) is 0 Å². The molecule has 0 saturated carbocycles. The highest BCUT2D eigenvalue weighted by Crippen LogP contribution is 2.39. The van der Waals surface area contributed by atoms with Crippen molar-refractivity contribution in [1.82, 2.24) is 9.47 Å². The number of hydrogen-bond donors (Lipinski definition) is 2. The maximum atomic E-state index is 14.6. The second kappa shape index (κ2) is 18.8. The molecule has 2 atom stereocenters. The number of esters is 2. The van der Waals surface area contributed by atoms with E-state index < -0.39 is 47.1 Å². The summed E-state index contributed by atoms with van der Waals surface area (Å²) in [7, 11) is 1.66. The first kappa shape index (κ1) is 45.7. The molecule has 1 saturated heterocycles. The molecule has 2 heterocycles. The SMILES string of the molecule is COCCCN1CCN(c2ccc(C(N)C(C(=O)Nc3cccc4c3cc(C(=O)OC(C)(C)C)n4C(=O)OC(C)(C)C)C(=O)OCc3cccc4c3Cc3ccccc3-4)cc2)C(=O)C1. The Morgan fingerprint density at radius 3 is 2.23 bits per heavy atom. The second-order valence-corrected chi connectivity index (χ2v) is 18.2. The molecule has 0 radical (unpaired) electrons. The minimum Gasteiger partial charge on any atom is -0.460 e. The van der Waals surface area contributed by atoms with Gasteiger partial charge in [-0.25, -0.2) is 14.2 Å². The van der Waals surface area contributed by atoms with Gasteiger partial charge in [0.1, 0.15) is 23.5 Å². The topological polar surface area (TPSA) is 172 Å². The van der Waals surface area contributed by atoms with Crippen LogP contribution in [0.4, 0.5) is 16.2 Å². The number of ether oxygens (including phenoxy) is 4. The van der Waals surface area contributed by atoms with Gasteiger partial charge in [0.25, 0.3) is 0 Å². The summed E-state index contributed by atoms with van der Waals surface area (Å²) in [5.41, 5.74) is 11.8. The number of rotatable bonds is 13. The summed E-state index contributed by atoms with van der Waals surface area (Å²) in [4.78, 5) is 73.3. The third-order valence-corrected chi connectivity index (χ3v) is 11.2. The molecule has 7 rings (SSSR count). The predicted octanol–water partition coefficient (Wildman–Crippen LogP) is 7.63. The first-order valence-electron chi connectivity index (χ1n) is 21.6. The monoisotopic (exact) mass is 871 g/mol. The quantitative estimate of drug-likeness (QED) is 0.0506. The molecule has 14 heteroatoms. The fourth-order valence-corrected chi connectivity index (χ4v) is 8.24. The Kier molecular flexibility index (Phi) is 13.4. The number of amides is 2. The molecule has 0 spiro atoms. The molecule has 3 N–H and O–H groups in total. The van der Waals surface area contributed by atoms with Crippen LogP contribution in [0.1, 0.15) is 86.7 Å². The van der Waals surface area contributed by atoms with Crippen LogP contribution in [0.25, 0.3) is 22.0 Å². The maximum absolute atomic E-state index is 14.6. The van der Waals surface area contributed by atoms with E-state index in [-0.39, 0.29) is 36.0 Å². The van der Waals surface area contributed by atoms with E-state index >= 15 is 0 Å². The Bertz CT molecular complexity index is 2570. The number of methoxy groups -OCH3 is 1. The zero-order valence-electron chi connectivity index (χ0n) is 37.6. The molecule has 1 aliphatic carbocycles. The lowest BCUT2D eigenvalue weighted by Gasteiger charge is -2.34. The van der Waals surface area contributed by atoms with Gasteiger partial charge in [-0.2, -0.15) is 0 Å². The summed E-state index contributed by atoms with van der Waals surface area (Å²) >= 11 is 0. The van der Waals surface area contributed by atoms with E-state index in [9.17, 15) is 24.0 Å². The van der Waals surface area contributed by atoms with Gasteiger partial charge in [-0.1, -0.05) is 60.7 Å². The second-order valence-electron chi connectivity index (χ2n) is 18.2. The van der Waals surface area contributed by atoms with Crippen molar-refractivity contribution in [3.63, 3.8) is 0 Å². The highest BCUT2D eigenvalue weighted by molar-refractivity contribution is 6.12. The Morgan fingerprint density at radius 2 is 1.53 bits per heavy atom. The summed E-state index contributed by atoms with van der Waals surface area (Å²) in [6, 6.07) is 26.0. The van der Waals surface area contributed by atoms with Crippen LogP contribution in [-0.4, -0.2) is 90.4 Å². The molecule has 336 valence electrons. The average Bonchev–Trinajstić information content (AvgIpc) is 3.83. The van der Waals surface area contributed by atoms with Gasteiger partial charge in [0.15, 0.2) is 5.92 Å². The number of fused-ring (bicyclic) bond motifs is 4. The molecule has 2 aliphatic rings. The van der Waals surface area contributed by atoms with Crippen LogP contribution in [0, 0.1) is 5.92 Å². The summed E-state index contributed by atoms with van der Waals surface area (Å²) in [6.07, 6.45) is 0.689. The number of carbonyl (C=O) groups is 5. The maximum Gasteiger partial charge on any atom is 0.419 e. The number of hydrogen-bond acceptors (Lipinski definition) is 11. The van der Waals surface area contributed by atoms with E-state index in [1.165, 1.54) is 11.6 Å². The molecular weight excluding hydrogens is 815 g/mol. The lowest BCUT2D eigenvalue weighted by atomic mass is 9.92. The molecule has 2 unspecified atom stereocenters. The van der Waals surface area contributed by atoms with Crippen LogP contribution >= 0.6 is 0 Å². The van der Waals surface area contributed by atoms with Crippen molar-refractivity contribution in [3.8, 4) is 11.1 Å². The molecule has 1 aliphatic heterocycles. The van der Waals surface area contributed by atoms with Gasteiger partial charge in [-0.3, -0.25) is 19.3 Å². The van der Waals surface area contributed by atoms with Crippen LogP contribution < -0.4 is 16.0 Å². The van der Waals surface area contributed by atoms with Crippen molar-refractivity contribution in [2.45, 2.75) is 78.2 Å². The fourth-order valence-electron chi connectivity index (χ4n) is 8.24. The van der Waals surface area contributed by atoms with Crippen molar-refractivity contribution in [2.24, 2.45) is 11.7 Å². The number of nitrogens with zero attached hydrogens (tertiary/aromatic N) is 3. The van der Waals surface area contributed by atoms with Gasteiger partial charge >= 0.3 is 18.0 Å². The summed E-state index contributed by atoms with van der Waals surface area (Å²) in [5.74, 6) is -4.01. The number of piperazine rings is 1. The van der Waals surface area contributed by atoms with Crippen LogP contribution in [0.2, 0.25) is 0 Å². The Labute approximate surface area is 373 Å². The van der Waals surface area contributed by atoms with E-state index in [2.05, 4.69) is 22.3 Å². The fraction of sp³-hybridized carbons (Fsp3) is 0.380. The third kappa shape index (κ3) is 10.2. The molecule has 4 aromatic carbocycles. The largest absolute Gasteiger partial charge is 0.460 e. The lowest BCUT2D eigenvalue weighted by Crippen LogP contribution is -2.50. The van der Waals surface area contributed by atoms with E-state index in [0.717, 1.165) is 39.8 Å². The lowest BCUT2D eigenvalue weighted by molar-refractivity contribution is -0.153. The first-order chi connectivity index (χ1) is 30.4. The molecule has 64 heavy (non-hydrogen) atoms. The molecule has 5 aromatic rings. The number of nitrogens with two attached hydrogens (primary N) is 1. The Balaban J connectivity index is 1.19. The Morgan fingerprint density at radius 1 is 0.828 bits per heavy atom. The summed E-state index contributed by atoms with van der Waals surface area (Å²) < 4.78 is 23.6. The van der Waals surface area contributed by atoms with Crippen molar-refractivity contribution >= 4 is 52.1 Å². The molecule has 14 nitrogen and oxygen atoms in total. The smallest absolute Gasteiger partial charge is 0.419 e. The Hall–Kier alpha value is -6.35. The van der Waals surface area contributed by atoms with Crippen molar-refractivity contribution in [1.29, 1.82) is 0 Å². The van der Waals surface area contributed by atoms with E-state index in [1.54, 1.807) is 96.0 Å². The highest BCUT2D eigenvalue weighted by atomic mass is 16.6. The van der Waals surface area contributed by atoms with E-state index in [4.69, 9.17) is 24.7 Å². The van der Waals surface area contributed by atoms with Gasteiger partial charge in [0.05, 0.1) is 23.8 Å². The van der Waals surface area contributed by atoms with Gasteiger partial charge < -0.3 is 34.9 Å². The number of benzene rings is 4. The minimum absolute atomic E-state index is 0.0402. The van der Waals surface area contributed by atoms with Crippen LogP contribution in [-0.2, 0) is 46.4 Å².